The van der Waals surface area contributed by atoms with Crippen molar-refractivity contribution in [2.24, 2.45) is 10.4 Å². The van der Waals surface area contributed by atoms with Gasteiger partial charge in [0.15, 0.2) is 5.03 Å². The fourth-order valence-corrected chi connectivity index (χ4v) is 5.22. The molecule has 2 aliphatic rings. The van der Waals surface area contributed by atoms with Crippen LogP contribution in [0.25, 0.3) is 0 Å². The Hall–Kier alpha value is -2.84. The lowest BCUT2D eigenvalue weighted by molar-refractivity contribution is -0.160. The van der Waals surface area contributed by atoms with E-state index in [-0.39, 0.29) is 11.8 Å². The Balaban J connectivity index is 1.86. The van der Waals surface area contributed by atoms with E-state index in [1.807, 2.05) is 0 Å². The third-order valence-electron chi connectivity index (χ3n) is 5.95. The Kier molecular flexibility index (Phi) is 5.65. The number of carbonyl (C=O) groups is 1. The molecule has 192 valence electrons. The van der Waals surface area contributed by atoms with E-state index >= 15 is 0 Å². The number of alkyl halides is 6. The first-order chi connectivity index (χ1) is 15.9. The molecule has 2 fully saturated rings. The number of hydrogen-bond donors (Lipinski definition) is 2. The van der Waals surface area contributed by atoms with Gasteiger partial charge in [0.05, 0.1) is 20.8 Å². The molecule has 0 aromatic carbocycles. The number of hydrogen-bond acceptors (Lipinski definition) is 5. The fourth-order valence-electron chi connectivity index (χ4n) is 4.46. The zero-order valence-electron chi connectivity index (χ0n) is 18.4. The number of nitrogens with zero attached hydrogens (tertiary/aromatic N) is 4. The van der Waals surface area contributed by atoms with Gasteiger partial charge in [0.2, 0.25) is 5.92 Å². The first kappa shape index (κ1) is 25.3. The minimum Gasteiger partial charge on any atom is -0.428 e. The van der Waals surface area contributed by atoms with Crippen LogP contribution in [0.4, 0.5) is 26.3 Å². The average molecular weight is 525 g/mol. The molecule has 2 aromatic heterocycles. The van der Waals surface area contributed by atoms with Gasteiger partial charge < -0.3 is 5.21 Å². The molecular formula is C20H21F6N5O3S. The van der Waals surface area contributed by atoms with Crippen LogP contribution < -0.4 is 5.36 Å². The summed E-state index contributed by atoms with van der Waals surface area (Å²) in [6, 6.07) is 1.93. The van der Waals surface area contributed by atoms with Gasteiger partial charge in [0.25, 0.3) is 5.91 Å². The van der Waals surface area contributed by atoms with Gasteiger partial charge in [-0.1, -0.05) is 6.92 Å². The highest BCUT2D eigenvalue weighted by Gasteiger charge is 2.55. The topological polar surface area (TPSA) is 113 Å². The summed E-state index contributed by atoms with van der Waals surface area (Å²) in [5.74, 6) is -5.60. The van der Waals surface area contributed by atoms with Crippen LogP contribution in [-0.2, 0) is 22.5 Å². The second-order valence-corrected chi connectivity index (χ2v) is 11.6. The molecule has 2 heterocycles. The van der Waals surface area contributed by atoms with Crippen molar-refractivity contribution in [2.45, 2.75) is 61.9 Å². The van der Waals surface area contributed by atoms with Crippen LogP contribution in [0.3, 0.4) is 0 Å². The molecule has 3 unspecified atom stereocenters. The predicted molar refractivity (Wildman–Crippen MR) is 108 cm³/mol. The van der Waals surface area contributed by atoms with Gasteiger partial charge in [0.1, 0.15) is 17.4 Å². The third kappa shape index (κ3) is 4.95. The molecule has 35 heavy (non-hydrogen) atoms. The van der Waals surface area contributed by atoms with E-state index in [0.29, 0.717) is 9.41 Å². The molecule has 2 saturated carbocycles. The van der Waals surface area contributed by atoms with E-state index < -0.39 is 86.6 Å². The molecule has 0 radical (unpaired) electrons. The monoisotopic (exact) mass is 525 g/mol. The SMILES string of the molecule is CC1(Cn2nc(C3CC3F)c(C(F)(F)F)c2C(=O)N=c2ccn(O)c(S(C)(=N)=O)c2)CC(F)(F)C1. The van der Waals surface area contributed by atoms with Crippen LogP contribution >= 0.6 is 0 Å². The first-order valence-corrected chi connectivity index (χ1v) is 12.3. The molecule has 2 N–H and O–H groups in total. The molecule has 8 nitrogen and oxygen atoms in total. The minimum atomic E-state index is -5.12. The quantitative estimate of drug-likeness (QED) is 0.454. The number of pyridine rings is 1. The summed E-state index contributed by atoms with van der Waals surface area (Å²) in [5, 5.41) is 12.8. The molecule has 2 aromatic rings. The van der Waals surface area contributed by atoms with Crippen molar-refractivity contribution in [1.29, 1.82) is 4.78 Å². The van der Waals surface area contributed by atoms with Crippen molar-refractivity contribution in [3.05, 3.63) is 40.6 Å². The van der Waals surface area contributed by atoms with Crippen molar-refractivity contribution in [3.63, 3.8) is 0 Å². The van der Waals surface area contributed by atoms with Crippen LogP contribution in [0.15, 0.2) is 28.3 Å². The Bertz CT molecular complexity index is 1370. The lowest BCUT2D eigenvalue weighted by Gasteiger charge is -2.44. The van der Waals surface area contributed by atoms with Crippen molar-refractivity contribution < 1.29 is 40.6 Å². The van der Waals surface area contributed by atoms with Gasteiger partial charge >= 0.3 is 6.18 Å². The van der Waals surface area contributed by atoms with Crippen LogP contribution in [0.2, 0.25) is 0 Å². The van der Waals surface area contributed by atoms with Crippen molar-refractivity contribution in [3.8, 4) is 0 Å². The molecule has 0 spiro atoms. The second kappa shape index (κ2) is 7.83. The van der Waals surface area contributed by atoms with Crippen LogP contribution in [-0.4, -0.2) is 48.2 Å². The summed E-state index contributed by atoms with van der Waals surface area (Å²) < 4.78 is 104. The van der Waals surface area contributed by atoms with Crippen LogP contribution in [0, 0.1) is 10.2 Å². The average Bonchev–Trinajstić information content (AvgIpc) is 3.25. The maximum absolute atomic E-state index is 14.1. The van der Waals surface area contributed by atoms with E-state index in [1.165, 1.54) is 6.92 Å². The third-order valence-corrected chi connectivity index (χ3v) is 7.05. The van der Waals surface area contributed by atoms with E-state index in [0.717, 1.165) is 24.6 Å². The van der Waals surface area contributed by atoms with E-state index in [4.69, 9.17) is 4.78 Å². The molecular weight excluding hydrogens is 504 g/mol. The maximum Gasteiger partial charge on any atom is 0.420 e. The van der Waals surface area contributed by atoms with Crippen LogP contribution in [0.5, 0.6) is 0 Å². The lowest BCUT2D eigenvalue weighted by atomic mass is 9.67. The summed E-state index contributed by atoms with van der Waals surface area (Å²) in [5.41, 5.74) is -4.32. The zero-order valence-corrected chi connectivity index (χ0v) is 19.3. The van der Waals surface area contributed by atoms with Gasteiger partial charge in [-0.2, -0.15) is 23.0 Å². The number of nitrogens with one attached hydrogen (secondary N) is 1. The number of aromatic nitrogens is 3. The van der Waals surface area contributed by atoms with E-state index in [9.17, 15) is 40.6 Å². The Morgan fingerprint density at radius 2 is 1.97 bits per heavy atom. The fraction of sp³-hybridized carbons (Fsp3) is 0.550. The van der Waals surface area contributed by atoms with Crippen molar-refractivity contribution >= 4 is 15.6 Å². The van der Waals surface area contributed by atoms with E-state index in [1.54, 1.807) is 0 Å². The molecule has 0 bridgehead atoms. The molecule has 0 aliphatic heterocycles. The largest absolute Gasteiger partial charge is 0.428 e. The summed E-state index contributed by atoms with van der Waals surface area (Å²) >= 11 is 0. The summed E-state index contributed by atoms with van der Waals surface area (Å²) in [4.78, 5) is 16.7. The van der Waals surface area contributed by atoms with Gasteiger partial charge in [-0.15, -0.1) is 0 Å². The number of amides is 1. The van der Waals surface area contributed by atoms with Crippen molar-refractivity contribution in [2.75, 3.05) is 6.26 Å². The Morgan fingerprint density at radius 1 is 1.37 bits per heavy atom. The molecule has 15 heteroatoms. The summed E-state index contributed by atoms with van der Waals surface area (Å²) in [6.07, 6.45) is -6.27. The molecule has 2 aliphatic carbocycles. The standard InChI is InChI=1S/C20H21F6N5O3S/c1-18(7-19(22,23)8-18)9-30-16(14(20(24,25)26)15(29-30)11-6-12(11)21)17(32)28-10-3-4-31(33)13(5-10)35(2,27)34/h3-5,11-12,27,33H,6-9H2,1-2H3. The molecule has 3 atom stereocenters. The Morgan fingerprint density at radius 3 is 2.46 bits per heavy atom. The van der Waals surface area contributed by atoms with Crippen molar-refractivity contribution in [1.82, 2.24) is 14.5 Å². The molecule has 4 rings (SSSR count). The highest BCUT2D eigenvalue weighted by molar-refractivity contribution is 7.91. The predicted octanol–water partition coefficient (Wildman–Crippen LogP) is 3.98. The molecule has 1 amide bonds. The van der Waals surface area contributed by atoms with Crippen LogP contribution in [0.1, 0.15) is 53.8 Å². The smallest absolute Gasteiger partial charge is 0.420 e. The number of rotatable bonds is 5. The lowest BCUT2D eigenvalue weighted by Crippen LogP contribution is -2.47. The minimum absolute atomic E-state index is 0.215. The van der Waals surface area contributed by atoms with Gasteiger partial charge in [-0.25, -0.2) is 27.2 Å². The number of carbonyl (C=O) groups excluding carboxylic acids is 1. The highest BCUT2D eigenvalue weighted by Crippen LogP contribution is 2.54. The van der Waals surface area contributed by atoms with Gasteiger partial charge in [-0.3, -0.25) is 9.48 Å². The molecule has 0 saturated heterocycles. The van der Waals surface area contributed by atoms with Gasteiger partial charge in [0, 0.05) is 43.8 Å². The summed E-state index contributed by atoms with van der Waals surface area (Å²) in [7, 11) is -3.50. The highest BCUT2D eigenvalue weighted by atomic mass is 32.2. The first-order valence-electron chi connectivity index (χ1n) is 10.3. The normalized spacial score (nSPS) is 25.1. The Labute approximate surface area is 195 Å². The summed E-state index contributed by atoms with van der Waals surface area (Å²) in [6.45, 7) is 0.979. The number of halogens is 6. The van der Waals surface area contributed by atoms with E-state index in [2.05, 4.69) is 10.1 Å². The maximum atomic E-state index is 14.1. The second-order valence-electron chi connectivity index (χ2n) is 9.47. The van der Waals surface area contributed by atoms with Gasteiger partial charge in [-0.05, 0) is 17.9 Å². The zero-order chi connectivity index (χ0) is 26.1.